The molecule has 0 aliphatic heterocycles. The maximum absolute atomic E-state index is 11.8. The summed E-state index contributed by atoms with van der Waals surface area (Å²) in [6.45, 7) is 3.60. The molecule has 0 bridgehead atoms. The number of nitrogens with zero attached hydrogens (tertiary/aromatic N) is 2. The Kier molecular flexibility index (Phi) is 4.77. The lowest BCUT2D eigenvalue weighted by Crippen LogP contribution is -2.44. The predicted molar refractivity (Wildman–Crippen MR) is 80.2 cm³/mol. The van der Waals surface area contributed by atoms with Gasteiger partial charge in [-0.2, -0.15) is 5.10 Å². The fourth-order valence-electron chi connectivity index (χ4n) is 1.68. The van der Waals surface area contributed by atoms with Crippen LogP contribution < -0.4 is 15.6 Å². The molecule has 0 radical (unpaired) electrons. The quantitative estimate of drug-likeness (QED) is 0.821. The number of hydrazine groups is 1. The molecule has 2 rings (SSSR count). The number of aryl methyl sites for hydroxylation is 3. The number of hydrogen-bond donors (Lipinski definition) is 2. The maximum atomic E-state index is 11.8. The van der Waals surface area contributed by atoms with Crippen molar-refractivity contribution in [2.75, 3.05) is 6.61 Å². The van der Waals surface area contributed by atoms with Crippen LogP contribution in [0.4, 0.5) is 0 Å². The van der Waals surface area contributed by atoms with E-state index in [1.165, 1.54) is 0 Å². The third kappa shape index (κ3) is 4.08. The molecule has 0 aliphatic rings. The highest BCUT2D eigenvalue weighted by Crippen LogP contribution is 2.10. The van der Waals surface area contributed by atoms with Crippen LogP contribution in [-0.4, -0.2) is 28.2 Å². The van der Waals surface area contributed by atoms with Gasteiger partial charge in [0.2, 0.25) is 0 Å². The molecule has 0 saturated carbocycles. The Morgan fingerprint density at radius 3 is 2.45 bits per heavy atom. The van der Waals surface area contributed by atoms with E-state index < -0.39 is 11.8 Å². The van der Waals surface area contributed by atoms with Crippen molar-refractivity contribution >= 4 is 11.8 Å². The topological polar surface area (TPSA) is 85.3 Å². The number of aromatic nitrogens is 2. The number of carbonyl (C=O) groups is 2. The van der Waals surface area contributed by atoms with Crippen molar-refractivity contribution in [3.8, 4) is 5.75 Å². The lowest BCUT2D eigenvalue weighted by Gasteiger charge is -2.08. The Bertz CT molecular complexity index is 657. The molecule has 7 heteroatoms. The van der Waals surface area contributed by atoms with Gasteiger partial charge in [0.25, 0.3) is 11.8 Å². The first-order chi connectivity index (χ1) is 10.5. The summed E-state index contributed by atoms with van der Waals surface area (Å²) in [5, 5.41) is 4.01. The van der Waals surface area contributed by atoms with Crippen molar-refractivity contribution in [2.45, 2.75) is 13.8 Å². The summed E-state index contributed by atoms with van der Waals surface area (Å²) in [6, 6.07) is 8.96. The average Bonchev–Trinajstić information content (AvgIpc) is 2.84. The highest BCUT2D eigenvalue weighted by Gasteiger charge is 2.12. The molecule has 0 spiro atoms. The zero-order valence-electron chi connectivity index (χ0n) is 12.7. The summed E-state index contributed by atoms with van der Waals surface area (Å²) in [5.74, 6) is -0.346. The fraction of sp³-hybridized carbons (Fsp3) is 0.267. The van der Waals surface area contributed by atoms with Gasteiger partial charge in [0.05, 0.1) is 0 Å². The van der Waals surface area contributed by atoms with Crippen molar-refractivity contribution in [2.24, 2.45) is 7.05 Å². The molecule has 0 fully saturated rings. The normalized spacial score (nSPS) is 10.1. The first-order valence-electron chi connectivity index (χ1n) is 6.75. The molecular formula is C15H18N4O3. The van der Waals surface area contributed by atoms with Gasteiger partial charge < -0.3 is 4.74 Å². The average molecular weight is 302 g/mol. The molecule has 116 valence electrons. The van der Waals surface area contributed by atoms with Gasteiger partial charge in [-0.05, 0) is 32.0 Å². The SMILES string of the molecule is Cc1ccc(OCC(=O)NNC(=O)c2cc(C)n(C)n2)cc1. The highest BCUT2D eigenvalue weighted by molar-refractivity contribution is 5.93. The van der Waals surface area contributed by atoms with E-state index in [1.54, 1.807) is 29.9 Å². The minimum atomic E-state index is -0.479. The lowest BCUT2D eigenvalue weighted by molar-refractivity contribution is -0.123. The zero-order chi connectivity index (χ0) is 16.1. The smallest absolute Gasteiger partial charge is 0.290 e. The second-order valence-corrected chi connectivity index (χ2v) is 4.90. The first kappa shape index (κ1) is 15.6. The summed E-state index contributed by atoms with van der Waals surface area (Å²) in [6.07, 6.45) is 0. The Balaban J connectivity index is 1.77. The van der Waals surface area contributed by atoms with E-state index in [0.717, 1.165) is 11.3 Å². The van der Waals surface area contributed by atoms with E-state index in [-0.39, 0.29) is 12.3 Å². The van der Waals surface area contributed by atoms with Gasteiger partial charge in [0, 0.05) is 12.7 Å². The van der Waals surface area contributed by atoms with Gasteiger partial charge in [0.1, 0.15) is 5.75 Å². The number of ether oxygens (including phenoxy) is 1. The molecule has 1 aromatic carbocycles. The third-order valence-electron chi connectivity index (χ3n) is 3.05. The lowest BCUT2D eigenvalue weighted by atomic mass is 10.2. The Labute approximate surface area is 128 Å². The number of hydrogen-bond acceptors (Lipinski definition) is 4. The van der Waals surface area contributed by atoms with Gasteiger partial charge in [-0.3, -0.25) is 25.1 Å². The fourth-order valence-corrected chi connectivity index (χ4v) is 1.68. The molecule has 22 heavy (non-hydrogen) atoms. The number of benzene rings is 1. The summed E-state index contributed by atoms with van der Waals surface area (Å²) in [7, 11) is 1.74. The van der Waals surface area contributed by atoms with Crippen molar-refractivity contribution in [3.63, 3.8) is 0 Å². The van der Waals surface area contributed by atoms with E-state index in [0.29, 0.717) is 5.75 Å². The van der Waals surface area contributed by atoms with Crippen LogP contribution in [0.25, 0.3) is 0 Å². The molecule has 0 unspecified atom stereocenters. The standard InChI is InChI=1S/C15H18N4O3/c1-10-4-6-12(7-5-10)22-9-14(20)16-17-15(21)13-8-11(2)19(3)18-13/h4-8H,9H2,1-3H3,(H,16,20)(H,17,21). The Morgan fingerprint density at radius 1 is 1.18 bits per heavy atom. The largest absolute Gasteiger partial charge is 0.484 e. The molecule has 1 heterocycles. The van der Waals surface area contributed by atoms with Gasteiger partial charge in [-0.15, -0.1) is 0 Å². The van der Waals surface area contributed by atoms with Crippen LogP contribution in [0.15, 0.2) is 30.3 Å². The Morgan fingerprint density at radius 2 is 1.86 bits per heavy atom. The minimum Gasteiger partial charge on any atom is -0.484 e. The van der Waals surface area contributed by atoms with Crippen LogP contribution in [0.5, 0.6) is 5.75 Å². The molecular weight excluding hydrogens is 284 g/mol. The molecule has 2 amide bonds. The van der Waals surface area contributed by atoms with Crippen LogP contribution >= 0.6 is 0 Å². The molecule has 1 aromatic heterocycles. The van der Waals surface area contributed by atoms with Crippen LogP contribution in [0.3, 0.4) is 0 Å². The van der Waals surface area contributed by atoms with E-state index in [9.17, 15) is 9.59 Å². The summed E-state index contributed by atoms with van der Waals surface area (Å²) in [5.41, 5.74) is 6.76. The predicted octanol–water partition coefficient (Wildman–Crippen LogP) is 0.877. The van der Waals surface area contributed by atoms with Crippen LogP contribution in [0.1, 0.15) is 21.7 Å². The summed E-state index contributed by atoms with van der Waals surface area (Å²) >= 11 is 0. The van der Waals surface area contributed by atoms with Crippen LogP contribution in [0.2, 0.25) is 0 Å². The number of carbonyl (C=O) groups excluding carboxylic acids is 2. The monoisotopic (exact) mass is 302 g/mol. The minimum absolute atomic E-state index is 0.190. The number of rotatable bonds is 4. The van der Waals surface area contributed by atoms with Gasteiger partial charge >= 0.3 is 0 Å². The van der Waals surface area contributed by atoms with E-state index in [1.807, 2.05) is 26.0 Å². The molecule has 0 saturated heterocycles. The summed E-state index contributed by atoms with van der Waals surface area (Å²) < 4.78 is 6.88. The first-order valence-corrected chi connectivity index (χ1v) is 6.75. The molecule has 0 aliphatic carbocycles. The van der Waals surface area contributed by atoms with Crippen molar-refractivity contribution in [1.82, 2.24) is 20.6 Å². The van der Waals surface area contributed by atoms with Crippen molar-refractivity contribution in [1.29, 1.82) is 0 Å². The van der Waals surface area contributed by atoms with Crippen molar-refractivity contribution < 1.29 is 14.3 Å². The molecule has 0 atom stereocenters. The summed E-state index contributed by atoms with van der Waals surface area (Å²) in [4.78, 5) is 23.4. The van der Waals surface area contributed by atoms with E-state index >= 15 is 0 Å². The maximum Gasteiger partial charge on any atom is 0.290 e. The zero-order valence-corrected chi connectivity index (χ0v) is 12.7. The van der Waals surface area contributed by atoms with E-state index in [2.05, 4.69) is 16.0 Å². The van der Waals surface area contributed by atoms with Gasteiger partial charge in [-0.25, -0.2) is 0 Å². The molecule has 2 N–H and O–H groups in total. The number of nitrogens with one attached hydrogen (secondary N) is 2. The second-order valence-electron chi connectivity index (χ2n) is 4.90. The molecule has 2 aromatic rings. The van der Waals surface area contributed by atoms with Crippen LogP contribution in [0, 0.1) is 13.8 Å². The Hall–Kier alpha value is -2.83. The third-order valence-corrected chi connectivity index (χ3v) is 3.05. The van der Waals surface area contributed by atoms with Crippen molar-refractivity contribution in [3.05, 3.63) is 47.3 Å². The highest BCUT2D eigenvalue weighted by atomic mass is 16.5. The van der Waals surface area contributed by atoms with Gasteiger partial charge in [-0.1, -0.05) is 17.7 Å². The van der Waals surface area contributed by atoms with Gasteiger partial charge in [0.15, 0.2) is 12.3 Å². The molecule has 7 nitrogen and oxygen atoms in total. The van der Waals surface area contributed by atoms with Crippen LogP contribution in [-0.2, 0) is 11.8 Å². The second kappa shape index (κ2) is 6.75. The number of amides is 2. The van der Waals surface area contributed by atoms with E-state index in [4.69, 9.17) is 4.74 Å².